The Morgan fingerprint density at radius 2 is 1.79 bits per heavy atom. The predicted octanol–water partition coefficient (Wildman–Crippen LogP) is 7.92. The van der Waals surface area contributed by atoms with E-state index in [1.165, 1.54) is 23.1 Å². The molecular weight excluding hydrogens is 593 g/mol. The second-order valence-electron chi connectivity index (χ2n) is 8.56. The molecular formula is C28H22Cl3N5OS2. The van der Waals surface area contributed by atoms with Gasteiger partial charge in [0.2, 0.25) is 0 Å². The Morgan fingerprint density at radius 3 is 2.59 bits per heavy atom. The summed E-state index contributed by atoms with van der Waals surface area (Å²) in [4.78, 5) is 17.2. The number of halogens is 3. The minimum absolute atomic E-state index is 0.225. The number of hydrogen-bond donors (Lipinski definition) is 1. The van der Waals surface area contributed by atoms with Crippen LogP contribution in [0.3, 0.4) is 0 Å². The number of thioether (sulfide) groups is 1. The van der Waals surface area contributed by atoms with E-state index in [0.717, 1.165) is 27.4 Å². The van der Waals surface area contributed by atoms with Crippen molar-refractivity contribution in [3.63, 3.8) is 0 Å². The van der Waals surface area contributed by atoms with Gasteiger partial charge in [0, 0.05) is 27.5 Å². The molecule has 6 nitrogen and oxygen atoms in total. The molecule has 5 aromatic rings. The number of nitrogens with one attached hydrogen (secondary N) is 1. The van der Waals surface area contributed by atoms with Crippen LogP contribution in [0.25, 0.3) is 17.1 Å². The maximum Gasteiger partial charge on any atom is 0.270 e. The summed E-state index contributed by atoms with van der Waals surface area (Å²) in [7, 11) is 0. The summed E-state index contributed by atoms with van der Waals surface area (Å²) in [5.41, 5.74) is 4.16. The summed E-state index contributed by atoms with van der Waals surface area (Å²) >= 11 is 21.6. The van der Waals surface area contributed by atoms with E-state index in [1.807, 2.05) is 66.1 Å². The molecule has 0 saturated carbocycles. The van der Waals surface area contributed by atoms with Gasteiger partial charge < -0.3 is 5.32 Å². The van der Waals surface area contributed by atoms with Gasteiger partial charge in [-0.3, -0.25) is 9.36 Å². The molecule has 2 heterocycles. The first kappa shape index (κ1) is 27.7. The average molecular weight is 615 g/mol. The fraction of sp³-hybridized carbons (Fsp3) is 0.143. The molecule has 0 aliphatic heterocycles. The summed E-state index contributed by atoms with van der Waals surface area (Å²) in [5.74, 6) is 0.972. The van der Waals surface area contributed by atoms with Gasteiger partial charge in [0.15, 0.2) is 11.0 Å². The van der Waals surface area contributed by atoms with Gasteiger partial charge in [0.25, 0.3) is 5.91 Å². The van der Waals surface area contributed by atoms with Gasteiger partial charge >= 0.3 is 0 Å². The van der Waals surface area contributed by atoms with E-state index < -0.39 is 0 Å². The zero-order valence-corrected chi connectivity index (χ0v) is 24.6. The molecule has 3 aromatic carbocycles. The van der Waals surface area contributed by atoms with Crippen LogP contribution in [0.5, 0.6) is 0 Å². The number of amides is 1. The van der Waals surface area contributed by atoms with E-state index in [-0.39, 0.29) is 5.91 Å². The van der Waals surface area contributed by atoms with Crippen molar-refractivity contribution in [2.75, 3.05) is 6.54 Å². The Labute approximate surface area is 249 Å². The van der Waals surface area contributed by atoms with Crippen LogP contribution in [-0.4, -0.2) is 32.2 Å². The standard InChI is InChI=1S/C28H22Cl3N5OS2/c1-17-6-2-5-9-24(17)36-26(20-7-3-4-8-21(20)30)34-35-28(36)39-16-25-33-23(15-38-25)27(37)32-13-12-18-10-11-19(29)14-22(18)31/h2-11,14-15H,12-13,16H2,1H3,(H,32,37). The summed E-state index contributed by atoms with van der Waals surface area (Å²) in [6.07, 6.45) is 0.594. The number of aryl methyl sites for hydroxylation is 1. The largest absolute Gasteiger partial charge is 0.350 e. The Morgan fingerprint density at radius 1 is 1.00 bits per heavy atom. The SMILES string of the molecule is Cc1ccccc1-n1c(SCc2nc(C(=O)NCCc3ccc(Cl)cc3Cl)cs2)nnc1-c1ccccc1Cl. The fourth-order valence-electron chi connectivity index (χ4n) is 3.95. The van der Waals surface area contributed by atoms with Crippen molar-refractivity contribution in [1.29, 1.82) is 0 Å². The number of carbonyl (C=O) groups is 1. The molecule has 0 aliphatic rings. The zero-order chi connectivity index (χ0) is 27.4. The lowest BCUT2D eigenvalue weighted by atomic mass is 10.1. The van der Waals surface area contributed by atoms with Crippen LogP contribution in [0, 0.1) is 6.92 Å². The van der Waals surface area contributed by atoms with Crippen LogP contribution in [0.4, 0.5) is 0 Å². The monoisotopic (exact) mass is 613 g/mol. The highest BCUT2D eigenvalue weighted by molar-refractivity contribution is 7.98. The smallest absolute Gasteiger partial charge is 0.270 e. The van der Waals surface area contributed by atoms with Gasteiger partial charge in [-0.15, -0.1) is 21.5 Å². The molecule has 0 spiro atoms. The van der Waals surface area contributed by atoms with E-state index >= 15 is 0 Å². The number of benzene rings is 3. The topological polar surface area (TPSA) is 72.7 Å². The number of hydrogen-bond acceptors (Lipinski definition) is 6. The highest BCUT2D eigenvalue weighted by Gasteiger charge is 2.20. The summed E-state index contributed by atoms with van der Waals surface area (Å²) in [6, 6.07) is 21.0. The number of thiazole rings is 1. The maximum atomic E-state index is 12.7. The van der Waals surface area contributed by atoms with Gasteiger partial charge in [-0.2, -0.15) is 0 Å². The molecule has 0 bridgehead atoms. The van der Waals surface area contributed by atoms with Crippen LogP contribution in [0.2, 0.25) is 15.1 Å². The van der Waals surface area contributed by atoms with Crippen molar-refractivity contribution in [2.45, 2.75) is 24.3 Å². The van der Waals surface area contributed by atoms with Crippen molar-refractivity contribution in [3.05, 3.63) is 109 Å². The molecule has 2 aromatic heterocycles. The Kier molecular flexibility index (Phi) is 8.89. The first-order chi connectivity index (χ1) is 18.9. The van der Waals surface area contributed by atoms with Crippen LogP contribution >= 0.6 is 57.9 Å². The van der Waals surface area contributed by atoms with Crippen molar-refractivity contribution in [3.8, 4) is 17.1 Å². The third-order valence-corrected chi connectivity index (χ3v) is 8.80. The lowest BCUT2D eigenvalue weighted by Gasteiger charge is -2.13. The van der Waals surface area contributed by atoms with Crippen molar-refractivity contribution < 1.29 is 4.79 Å². The van der Waals surface area contributed by atoms with Crippen LogP contribution < -0.4 is 5.32 Å². The zero-order valence-electron chi connectivity index (χ0n) is 20.7. The van der Waals surface area contributed by atoms with Crippen LogP contribution in [0.15, 0.2) is 77.3 Å². The third kappa shape index (κ3) is 6.48. The van der Waals surface area contributed by atoms with E-state index in [4.69, 9.17) is 34.8 Å². The van der Waals surface area contributed by atoms with Crippen molar-refractivity contribution >= 4 is 63.8 Å². The first-order valence-corrected chi connectivity index (χ1v) is 15.0. The van der Waals surface area contributed by atoms with Crippen LogP contribution in [0.1, 0.15) is 26.6 Å². The molecule has 0 saturated heterocycles. The lowest BCUT2D eigenvalue weighted by molar-refractivity contribution is 0.0949. The number of aromatic nitrogens is 4. The quantitative estimate of drug-likeness (QED) is 0.171. The van der Waals surface area contributed by atoms with Gasteiger partial charge in [0.1, 0.15) is 10.7 Å². The van der Waals surface area contributed by atoms with E-state index in [9.17, 15) is 4.79 Å². The van der Waals surface area contributed by atoms with Crippen molar-refractivity contribution in [1.82, 2.24) is 25.1 Å². The van der Waals surface area contributed by atoms with E-state index in [1.54, 1.807) is 17.5 Å². The highest BCUT2D eigenvalue weighted by Crippen LogP contribution is 2.34. The molecule has 198 valence electrons. The lowest BCUT2D eigenvalue weighted by Crippen LogP contribution is -2.26. The Balaban J connectivity index is 1.29. The van der Waals surface area contributed by atoms with Gasteiger partial charge in [-0.05, 0) is 54.8 Å². The summed E-state index contributed by atoms with van der Waals surface area (Å²) in [5, 5.41) is 16.9. The molecule has 0 aliphatic carbocycles. The number of para-hydroxylation sites is 1. The van der Waals surface area contributed by atoms with E-state index in [0.29, 0.717) is 50.5 Å². The minimum atomic E-state index is -0.225. The molecule has 0 radical (unpaired) electrons. The van der Waals surface area contributed by atoms with Crippen molar-refractivity contribution in [2.24, 2.45) is 0 Å². The second kappa shape index (κ2) is 12.5. The van der Waals surface area contributed by atoms with E-state index in [2.05, 4.69) is 20.5 Å². The predicted molar refractivity (Wildman–Crippen MR) is 161 cm³/mol. The molecule has 0 atom stereocenters. The van der Waals surface area contributed by atoms with Gasteiger partial charge in [-0.25, -0.2) is 4.98 Å². The second-order valence-corrected chi connectivity index (χ2v) is 11.7. The van der Waals surface area contributed by atoms with Gasteiger partial charge in [0.05, 0.1) is 16.5 Å². The van der Waals surface area contributed by atoms with Gasteiger partial charge in [-0.1, -0.05) is 83.0 Å². The molecule has 0 fully saturated rings. The summed E-state index contributed by atoms with van der Waals surface area (Å²) in [6.45, 7) is 2.49. The molecule has 11 heteroatoms. The average Bonchev–Trinajstić information content (AvgIpc) is 3.57. The molecule has 0 unspecified atom stereocenters. The molecule has 1 N–H and O–H groups in total. The molecule has 1 amide bonds. The summed E-state index contributed by atoms with van der Waals surface area (Å²) < 4.78 is 2.02. The fourth-order valence-corrected chi connectivity index (χ4v) is 6.41. The number of rotatable bonds is 9. The normalized spacial score (nSPS) is 11.1. The highest BCUT2D eigenvalue weighted by atomic mass is 35.5. The third-order valence-electron chi connectivity index (χ3n) is 5.91. The maximum absolute atomic E-state index is 12.7. The molecule has 39 heavy (non-hydrogen) atoms. The number of carbonyl (C=O) groups excluding carboxylic acids is 1. The molecule has 5 rings (SSSR count). The van der Waals surface area contributed by atoms with Crippen LogP contribution in [-0.2, 0) is 12.2 Å². The Bertz CT molecular complexity index is 1640. The Hall–Kier alpha value is -2.88. The minimum Gasteiger partial charge on any atom is -0.350 e. The first-order valence-electron chi connectivity index (χ1n) is 12.0. The number of nitrogens with zero attached hydrogens (tertiary/aromatic N) is 4.